The van der Waals surface area contributed by atoms with Gasteiger partial charge in [0.25, 0.3) is 5.56 Å². The van der Waals surface area contributed by atoms with Gasteiger partial charge in [0.05, 0.1) is 41.6 Å². The molecule has 9 heteroatoms. The molecule has 2 aromatic heterocycles. The third-order valence-electron chi connectivity index (χ3n) is 4.31. The summed E-state index contributed by atoms with van der Waals surface area (Å²) in [6.07, 6.45) is 1.90. The first kappa shape index (κ1) is 18.2. The summed E-state index contributed by atoms with van der Waals surface area (Å²) >= 11 is 1.60. The van der Waals surface area contributed by atoms with Gasteiger partial charge < -0.3 is 0 Å². The first-order chi connectivity index (χ1) is 11.8. The number of thiazole rings is 1. The van der Waals surface area contributed by atoms with Crippen LogP contribution in [0.15, 0.2) is 16.5 Å². The molecule has 3 heterocycles. The zero-order chi connectivity index (χ0) is 18.2. The third-order valence-corrected chi connectivity index (χ3v) is 7.33. The standard InChI is InChI=1S/C16H22N4O3S2/c1-4-25(22,23)20-6-5-13-14(8-20)17-10-19(16(13)21)7-12-9-24-15(18-12)11(2)3/h9-11H,4-8H2,1-3H3. The van der Waals surface area contributed by atoms with E-state index < -0.39 is 10.0 Å². The van der Waals surface area contributed by atoms with Crippen LogP contribution in [0.3, 0.4) is 0 Å². The molecule has 0 N–H and O–H groups in total. The number of hydrogen-bond acceptors (Lipinski definition) is 6. The molecule has 25 heavy (non-hydrogen) atoms. The van der Waals surface area contributed by atoms with E-state index in [2.05, 4.69) is 23.8 Å². The maximum absolute atomic E-state index is 12.7. The van der Waals surface area contributed by atoms with Crippen LogP contribution in [-0.2, 0) is 29.5 Å². The van der Waals surface area contributed by atoms with Gasteiger partial charge in [-0.2, -0.15) is 4.31 Å². The van der Waals surface area contributed by atoms with Crippen molar-refractivity contribution in [2.75, 3.05) is 12.3 Å². The first-order valence-corrected chi connectivity index (χ1v) is 10.8. The summed E-state index contributed by atoms with van der Waals surface area (Å²) < 4.78 is 27.0. The van der Waals surface area contributed by atoms with Crippen molar-refractivity contribution in [1.82, 2.24) is 18.8 Å². The van der Waals surface area contributed by atoms with Crippen LogP contribution >= 0.6 is 11.3 Å². The lowest BCUT2D eigenvalue weighted by molar-refractivity contribution is 0.382. The van der Waals surface area contributed by atoms with E-state index in [0.29, 0.717) is 36.7 Å². The van der Waals surface area contributed by atoms with Crippen molar-refractivity contribution in [3.8, 4) is 0 Å². The zero-order valence-electron chi connectivity index (χ0n) is 14.6. The summed E-state index contributed by atoms with van der Waals surface area (Å²) in [6, 6.07) is 0. The Hall–Kier alpha value is -1.58. The third kappa shape index (κ3) is 3.68. The molecule has 0 spiro atoms. The predicted molar refractivity (Wildman–Crippen MR) is 97.4 cm³/mol. The molecular weight excluding hydrogens is 360 g/mol. The highest BCUT2D eigenvalue weighted by molar-refractivity contribution is 7.89. The molecule has 1 aliphatic rings. The number of rotatable bonds is 5. The molecule has 0 saturated heterocycles. The lowest BCUT2D eigenvalue weighted by atomic mass is 10.1. The summed E-state index contributed by atoms with van der Waals surface area (Å²) in [4.78, 5) is 21.6. The second kappa shape index (κ2) is 6.97. The molecule has 2 aromatic rings. The van der Waals surface area contributed by atoms with Crippen LogP contribution < -0.4 is 5.56 Å². The van der Waals surface area contributed by atoms with E-state index in [0.717, 1.165) is 10.7 Å². The smallest absolute Gasteiger partial charge is 0.257 e. The molecule has 0 aliphatic carbocycles. The molecule has 3 rings (SSSR count). The largest absolute Gasteiger partial charge is 0.293 e. The van der Waals surface area contributed by atoms with Gasteiger partial charge in [0.1, 0.15) is 0 Å². The Bertz CT molecular complexity index is 931. The molecule has 136 valence electrons. The molecule has 1 aliphatic heterocycles. The zero-order valence-corrected chi connectivity index (χ0v) is 16.2. The van der Waals surface area contributed by atoms with Gasteiger partial charge in [-0.15, -0.1) is 11.3 Å². The van der Waals surface area contributed by atoms with Crippen LogP contribution in [0.4, 0.5) is 0 Å². The summed E-state index contributed by atoms with van der Waals surface area (Å²) in [7, 11) is -3.27. The van der Waals surface area contributed by atoms with Crippen LogP contribution in [0, 0.1) is 0 Å². The highest BCUT2D eigenvalue weighted by Gasteiger charge is 2.28. The maximum atomic E-state index is 12.7. The van der Waals surface area contributed by atoms with Crippen molar-refractivity contribution in [3.05, 3.63) is 44.0 Å². The van der Waals surface area contributed by atoms with Gasteiger partial charge in [-0.3, -0.25) is 9.36 Å². The monoisotopic (exact) mass is 382 g/mol. The average molecular weight is 383 g/mol. The quantitative estimate of drug-likeness (QED) is 0.784. The number of sulfonamides is 1. The molecule has 0 saturated carbocycles. The van der Waals surface area contributed by atoms with E-state index in [-0.39, 0.29) is 17.9 Å². The van der Waals surface area contributed by atoms with E-state index in [4.69, 9.17) is 0 Å². The normalized spacial score (nSPS) is 15.5. The van der Waals surface area contributed by atoms with Crippen molar-refractivity contribution < 1.29 is 8.42 Å². The fraction of sp³-hybridized carbons (Fsp3) is 0.562. The Kier molecular flexibility index (Phi) is 5.08. The van der Waals surface area contributed by atoms with Crippen LogP contribution in [-0.4, -0.2) is 39.6 Å². The van der Waals surface area contributed by atoms with E-state index in [9.17, 15) is 13.2 Å². The van der Waals surface area contributed by atoms with Crippen LogP contribution in [0.25, 0.3) is 0 Å². The number of aromatic nitrogens is 3. The fourth-order valence-electron chi connectivity index (χ4n) is 2.80. The highest BCUT2D eigenvalue weighted by atomic mass is 32.2. The van der Waals surface area contributed by atoms with Crippen molar-refractivity contribution in [2.24, 2.45) is 0 Å². The van der Waals surface area contributed by atoms with Gasteiger partial charge in [-0.05, 0) is 13.3 Å². The molecule has 0 amide bonds. The van der Waals surface area contributed by atoms with E-state index in [1.807, 2.05) is 5.38 Å². The maximum Gasteiger partial charge on any atom is 0.257 e. The lowest BCUT2D eigenvalue weighted by Crippen LogP contribution is -2.41. The van der Waals surface area contributed by atoms with E-state index in [1.165, 1.54) is 10.6 Å². The lowest BCUT2D eigenvalue weighted by Gasteiger charge is -2.26. The Labute approximate surface area is 151 Å². The van der Waals surface area contributed by atoms with Gasteiger partial charge in [-0.1, -0.05) is 13.8 Å². The second-order valence-electron chi connectivity index (χ2n) is 6.42. The van der Waals surface area contributed by atoms with Gasteiger partial charge in [0.15, 0.2) is 0 Å². The molecule has 0 atom stereocenters. The molecule has 7 nitrogen and oxygen atoms in total. The summed E-state index contributed by atoms with van der Waals surface area (Å²) in [5, 5.41) is 3.02. The molecule has 0 fully saturated rings. The van der Waals surface area contributed by atoms with Crippen molar-refractivity contribution in [3.63, 3.8) is 0 Å². The number of nitrogens with zero attached hydrogens (tertiary/aromatic N) is 4. The van der Waals surface area contributed by atoms with Gasteiger partial charge in [-0.25, -0.2) is 18.4 Å². The fourth-order valence-corrected chi connectivity index (χ4v) is 4.68. The SMILES string of the molecule is CCS(=O)(=O)N1CCc2c(ncn(Cc3csc(C(C)C)n3)c2=O)C1. The summed E-state index contributed by atoms with van der Waals surface area (Å²) in [5.41, 5.74) is 1.93. The predicted octanol–water partition coefficient (Wildman–Crippen LogP) is 1.58. The molecular formula is C16H22N4O3S2. The average Bonchev–Trinajstić information content (AvgIpc) is 3.06. The van der Waals surface area contributed by atoms with Crippen molar-refractivity contribution in [2.45, 2.75) is 46.2 Å². The van der Waals surface area contributed by atoms with Crippen molar-refractivity contribution in [1.29, 1.82) is 0 Å². The molecule has 0 radical (unpaired) electrons. The number of hydrogen-bond donors (Lipinski definition) is 0. The molecule has 0 aromatic carbocycles. The van der Waals surface area contributed by atoms with E-state index in [1.54, 1.807) is 22.8 Å². The minimum atomic E-state index is -3.27. The second-order valence-corrected chi connectivity index (χ2v) is 9.57. The Balaban J connectivity index is 1.85. The topological polar surface area (TPSA) is 85.2 Å². The van der Waals surface area contributed by atoms with Crippen molar-refractivity contribution >= 4 is 21.4 Å². The minimum absolute atomic E-state index is 0.0570. The first-order valence-electron chi connectivity index (χ1n) is 8.31. The van der Waals surface area contributed by atoms with Crippen LogP contribution in [0.5, 0.6) is 0 Å². The van der Waals surface area contributed by atoms with Gasteiger partial charge in [0.2, 0.25) is 10.0 Å². The Morgan fingerprint density at radius 1 is 1.36 bits per heavy atom. The summed E-state index contributed by atoms with van der Waals surface area (Å²) in [6.45, 7) is 6.69. The summed E-state index contributed by atoms with van der Waals surface area (Å²) in [5.74, 6) is 0.421. The number of fused-ring (bicyclic) bond motifs is 1. The van der Waals surface area contributed by atoms with Gasteiger partial charge in [0, 0.05) is 23.4 Å². The van der Waals surface area contributed by atoms with Gasteiger partial charge >= 0.3 is 0 Å². The van der Waals surface area contributed by atoms with Crippen LogP contribution in [0.1, 0.15) is 48.6 Å². The Morgan fingerprint density at radius 3 is 2.76 bits per heavy atom. The minimum Gasteiger partial charge on any atom is -0.293 e. The highest BCUT2D eigenvalue weighted by Crippen LogP contribution is 2.20. The Morgan fingerprint density at radius 2 is 2.12 bits per heavy atom. The van der Waals surface area contributed by atoms with E-state index >= 15 is 0 Å². The molecule has 0 bridgehead atoms. The van der Waals surface area contributed by atoms with Crippen LogP contribution in [0.2, 0.25) is 0 Å². The molecule has 0 unspecified atom stereocenters.